The van der Waals surface area contributed by atoms with Gasteiger partial charge in [0.05, 0.1) is 13.3 Å². The van der Waals surface area contributed by atoms with Gasteiger partial charge in [0, 0.05) is 20.1 Å². The molecule has 0 fully saturated rings. The topological polar surface area (TPSA) is 51.4 Å². The van der Waals surface area contributed by atoms with Gasteiger partial charge in [-0.2, -0.15) is 0 Å². The highest BCUT2D eigenvalue weighted by Gasteiger charge is 2.04. The molecule has 0 saturated carbocycles. The van der Waals surface area contributed by atoms with Crippen molar-refractivity contribution in [1.29, 1.82) is 0 Å². The molecule has 4 heteroatoms. The van der Waals surface area contributed by atoms with E-state index in [2.05, 4.69) is 34.1 Å². The molecular weight excluding hydrogens is 238 g/mol. The maximum Gasteiger partial charge on any atom is 0.137 e. The Kier molecular flexibility index (Phi) is 4.36. The van der Waals surface area contributed by atoms with Crippen LogP contribution in [0, 0.1) is 0 Å². The van der Waals surface area contributed by atoms with Crippen LogP contribution in [0.1, 0.15) is 11.1 Å². The van der Waals surface area contributed by atoms with Crippen molar-refractivity contribution in [3.05, 3.63) is 53.7 Å². The highest BCUT2D eigenvalue weighted by molar-refractivity contribution is 5.41. The Balaban J connectivity index is 2.04. The SMILES string of the molecule is COc1ccc(N(C)Cc2ccc(CN)cc2)nc1. The van der Waals surface area contributed by atoms with Gasteiger partial charge in [-0.25, -0.2) is 4.98 Å². The molecule has 0 saturated heterocycles. The van der Waals surface area contributed by atoms with E-state index >= 15 is 0 Å². The third-order valence-corrected chi connectivity index (χ3v) is 3.03. The standard InChI is InChI=1S/C15H19N3O/c1-18(15-8-7-14(19-2)10-17-15)11-13-5-3-12(9-16)4-6-13/h3-8,10H,9,11,16H2,1-2H3. The van der Waals surface area contributed by atoms with E-state index in [0.29, 0.717) is 6.54 Å². The molecule has 4 nitrogen and oxygen atoms in total. The zero-order valence-electron chi connectivity index (χ0n) is 11.3. The van der Waals surface area contributed by atoms with E-state index in [0.717, 1.165) is 23.7 Å². The Hall–Kier alpha value is -2.07. The number of pyridine rings is 1. The molecule has 19 heavy (non-hydrogen) atoms. The summed E-state index contributed by atoms with van der Waals surface area (Å²) in [5.41, 5.74) is 7.97. The zero-order valence-corrected chi connectivity index (χ0v) is 11.3. The lowest BCUT2D eigenvalue weighted by Crippen LogP contribution is -2.17. The first-order valence-electron chi connectivity index (χ1n) is 6.22. The third-order valence-electron chi connectivity index (χ3n) is 3.03. The Morgan fingerprint density at radius 1 is 1.11 bits per heavy atom. The highest BCUT2D eigenvalue weighted by atomic mass is 16.5. The van der Waals surface area contributed by atoms with Crippen molar-refractivity contribution in [2.45, 2.75) is 13.1 Å². The average Bonchev–Trinajstić information content (AvgIpc) is 2.48. The summed E-state index contributed by atoms with van der Waals surface area (Å²) >= 11 is 0. The maximum absolute atomic E-state index is 5.59. The molecule has 0 atom stereocenters. The molecule has 0 aliphatic heterocycles. The first kappa shape index (κ1) is 13.4. The predicted octanol–water partition coefficient (Wildman–Crippen LogP) is 2.19. The van der Waals surface area contributed by atoms with Gasteiger partial charge in [0.15, 0.2) is 0 Å². The first-order chi connectivity index (χ1) is 9.22. The number of ether oxygens (including phenoxy) is 1. The summed E-state index contributed by atoms with van der Waals surface area (Å²) in [6, 6.07) is 12.2. The zero-order chi connectivity index (χ0) is 13.7. The Morgan fingerprint density at radius 2 is 1.79 bits per heavy atom. The van der Waals surface area contributed by atoms with Crippen molar-refractivity contribution < 1.29 is 4.74 Å². The van der Waals surface area contributed by atoms with Gasteiger partial charge in [0.1, 0.15) is 11.6 Å². The molecule has 0 spiro atoms. The van der Waals surface area contributed by atoms with Crippen LogP contribution >= 0.6 is 0 Å². The highest BCUT2D eigenvalue weighted by Crippen LogP contribution is 2.16. The van der Waals surface area contributed by atoms with Crippen molar-refractivity contribution in [1.82, 2.24) is 4.98 Å². The largest absolute Gasteiger partial charge is 0.495 e. The second-order valence-electron chi connectivity index (χ2n) is 4.43. The van der Waals surface area contributed by atoms with Crippen molar-refractivity contribution in [3.63, 3.8) is 0 Å². The second kappa shape index (κ2) is 6.20. The van der Waals surface area contributed by atoms with Crippen LogP contribution in [0.5, 0.6) is 5.75 Å². The van der Waals surface area contributed by atoms with Crippen LogP contribution in [-0.2, 0) is 13.1 Å². The molecule has 0 unspecified atom stereocenters. The molecule has 1 aromatic carbocycles. The molecule has 0 aliphatic rings. The number of aromatic nitrogens is 1. The van der Waals surface area contributed by atoms with Gasteiger partial charge >= 0.3 is 0 Å². The van der Waals surface area contributed by atoms with E-state index in [1.54, 1.807) is 13.3 Å². The third kappa shape index (κ3) is 3.45. The molecule has 0 amide bonds. The molecule has 2 aromatic rings. The number of benzene rings is 1. The summed E-state index contributed by atoms with van der Waals surface area (Å²) in [5.74, 6) is 1.69. The van der Waals surface area contributed by atoms with Gasteiger partial charge in [-0.15, -0.1) is 0 Å². The molecule has 2 N–H and O–H groups in total. The maximum atomic E-state index is 5.59. The second-order valence-corrected chi connectivity index (χ2v) is 4.43. The smallest absolute Gasteiger partial charge is 0.137 e. The van der Waals surface area contributed by atoms with E-state index in [1.807, 2.05) is 19.2 Å². The van der Waals surface area contributed by atoms with Gasteiger partial charge in [0.25, 0.3) is 0 Å². The normalized spacial score (nSPS) is 10.3. The molecule has 2 rings (SSSR count). The lowest BCUT2D eigenvalue weighted by atomic mass is 10.1. The molecule has 1 aromatic heterocycles. The summed E-state index contributed by atoms with van der Waals surface area (Å²) in [7, 11) is 3.66. The molecule has 1 heterocycles. The Bertz CT molecular complexity index is 508. The van der Waals surface area contributed by atoms with Crippen LogP contribution in [0.3, 0.4) is 0 Å². The lowest BCUT2D eigenvalue weighted by Gasteiger charge is -2.18. The predicted molar refractivity (Wildman–Crippen MR) is 77.2 cm³/mol. The number of rotatable bonds is 5. The van der Waals surface area contributed by atoms with Crippen LogP contribution < -0.4 is 15.4 Å². The van der Waals surface area contributed by atoms with Crippen molar-refractivity contribution >= 4 is 5.82 Å². The number of nitrogens with two attached hydrogens (primary N) is 1. The van der Waals surface area contributed by atoms with E-state index < -0.39 is 0 Å². The summed E-state index contributed by atoms with van der Waals surface area (Å²) in [6.07, 6.45) is 1.73. The van der Waals surface area contributed by atoms with E-state index in [-0.39, 0.29) is 0 Å². The summed E-state index contributed by atoms with van der Waals surface area (Å²) in [4.78, 5) is 6.45. The van der Waals surface area contributed by atoms with Gasteiger partial charge < -0.3 is 15.4 Å². The fourth-order valence-electron chi connectivity index (χ4n) is 1.85. The van der Waals surface area contributed by atoms with Gasteiger partial charge in [-0.3, -0.25) is 0 Å². The molecule has 0 aliphatic carbocycles. The van der Waals surface area contributed by atoms with Gasteiger partial charge in [-0.1, -0.05) is 24.3 Å². The van der Waals surface area contributed by atoms with Crippen molar-refractivity contribution in [3.8, 4) is 5.75 Å². The quantitative estimate of drug-likeness (QED) is 0.892. The minimum atomic E-state index is 0.580. The minimum absolute atomic E-state index is 0.580. The summed E-state index contributed by atoms with van der Waals surface area (Å²) in [6.45, 7) is 1.39. The molecule has 100 valence electrons. The average molecular weight is 257 g/mol. The Morgan fingerprint density at radius 3 is 2.32 bits per heavy atom. The van der Waals surface area contributed by atoms with Crippen LogP contribution in [0.15, 0.2) is 42.6 Å². The van der Waals surface area contributed by atoms with Crippen molar-refractivity contribution in [2.75, 3.05) is 19.1 Å². The monoisotopic (exact) mass is 257 g/mol. The van der Waals surface area contributed by atoms with Gasteiger partial charge in [0.2, 0.25) is 0 Å². The summed E-state index contributed by atoms with van der Waals surface area (Å²) in [5, 5.41) is 0. The fraction of sp³-hybridized carbons (Fsp3) is 0.267. The van der Waals surface area contributed by atoms with Crippen LogP contribution in [0.25, 0.3) is 0 Å². The number of methoxy groups -OCH3 is 1. The lowest BCUT2D eigenvalue weighted by molar-refractivity contribution is 0.413. The van der Waals surface area contributed by atoms with Crippen LogP contribution in [0.2, 0.25) is 0 Å². The minimum Gasteiger partial charge on any atom is -0.495 e. The number of hydrogen-bond donors (Lipinski definition) is 1. The number of anilines is 1. The Labute approximate surface area is 113 Å². The first-order valence-corrected chi connectivity index (χ1v) is 6.22. The van der Waals surface area contributed by atoms with E-state index in [1.165, 1.54) is 5.56 Å². The number of nitrogens with zero attached hydrogens (tertiary/aromatic N) is 2. The van der Waals surface area contributed by atoms with Crippen LogP contribution in [0.4, 0.5) is 5.82 Å². The summed E-state index contributed by atoms with van der Waals surface area (Å²) < 4.78 is 5.10. The number of hydrogen-bond acceptors (Lipinski definition) is 4. The fourth-order valence-corrected chi connectivity index (χ4v) is 1.85. The van der Waals surface area contributed by atoms with E-state index in [4.69, 9.17) is 10.5 Å². The molecule has 0 bridgehead atoms. The molecule has 0 radical (unpaired) electrons. The van der Waals surface area contributed by atoms with Gasteiger partial charge in [-0.05, 0) is 23.3 Å². The molecular formula is C15H19N3O. The van der Waals surface area contributed by atoms with E-state index in [9.17, 15) is 0 Å². The van der Waals surface area contributed by atoms with Crippen LogP contribution in [-0.4, -0.2) is 19.1 Å². The van der Waals surface area contributed by atoms with Crippen molar-refractivity contribution in [2.24, 2.45) is 5.73 Å².